The number of hydrogen-bond acceptors (Lipinski definition) is 2. The van der Waals surface area contributed by atoms with Crippen molar-refractivity contribution in [2.75, 3.05) is 6.54 Å². The number of aromatic nitrogens is 2. The molecule has 0 spiro atoms. The van der Waals surface area contributed by atoms with E-state index in [0.29, 0.717) is 18.5 Å². The van der Waals surface area contributed by atoms with Gasteiger partial charge < -0.3 is 5.32 Å². The number of nitrogens with one attached hydrogen (secondary N) is 1. The summed E-state index contributed by atoms with van der Waals surface area (Å²) in [6.07, 6.45) is 6.76. The van der Waals surface area contributed by atoms with Crippen LogP contribution in [0.15, 0.2) is 30.5 Å². The Balaban J connectivity index is 2.08. The third kappa shape index (κ3) is 4.41. The van der Waals surface area contributed by atoms with Gasteiger partial charge in [0.1, 0.15) is 5.82 Å². The minimum absolute atomic E-state index is 0.0910. The van der Waals surface area contributed by atoms with Crippen LogP contribution in [0.4, 0.5) is 4.39 Å². The van der Waals surface area contributed by atoms with Crippen LogP contribution in [-0.2, 0) is 6.42 Å². The van der Waals surface area contributed by atoms with Gasteiger partial charge in [-0.3, -0.25) is 4.79 Å². The van der Waals surface area contributed by atoms with Gasteiger partial charge in [0.15, 0.2) is 0 Å². The molecule has 1 heterocycles. The lowest BCUT2D eigenvalue weighted by atomic mass is 10.1. The topological polar surface area (TPSA) is 46.9 Å². The van der Waals surface area contributed by atoms with Crippen molar-refractivity contribution in [3.8, 4) is 5.69 Å². The van der Waals surface area contributed by atoms with E-state index in [1.807, 2.05) is 6.92 Å². The zero-order chi connectivity index (χ0) is 16.7. The number of carbonyl (C=O) groups excluding carboxylic acids is 1. The molecule has 1 N–H and O–H groups in total. The van der Waals surface area contributed by atoms with Gasteiger partial charge in [-0.1, -0.05) is 33.1 Å². The van der Waals surface area contributed by atoms with Crippen LogP contribution in [-0.4, -0.2) is 22.2 Å². The van der Waals surface area contributed by atoms with Crippen LogP contribution in [0, 0.1) is 5.82 Å². The zero-order valence-electron chi connectivity index (χ0n) is 13.8. The normalized spacial score (nSPS) is 10.7. The number of hydrogen-bond donors (Lipinski definition) is 1. The molecule has 5 heteroatoms. The number of amides is 1. The average molecular weight is 317 g/mol. The van der Waals surface area contributed by atoms with Gasteiger partial charge in [0.2, 0.25) is 0 Å². The van der Waals surface area contributed by atoms with E-state index >= 15 is 0 Å². The number of rotatable bonds is 8. The number of benzene rings is 1. The Morgan fingerprint density at radius 2 is 1.91 bits per heavy atom. The average Bonchev–Trinajstić information content (AvgIpc) is 2.99. The summed E-state index contributed by atoms with van der Waals surface area (Å²) in [5, 5.41) is 7.25. The molecule has 0 aliphatic carbocycles. The van der Waals surface area contributed by atoms with E-state index in [2.05, 4.69) is 17.3 Å². The van der Waals surface area contributed by atoms with Crippen molar-refractivity contribution in [1.29, 1.82) is 0 Å². The zero-order valence-corrected chi connectivity index (χ0v) is 13.8. The second-order valence-corrected chi connectivity index (χ2v) is 5.56. The van der Waals surface area contributed by atoms with E-state index in [-0.39, 0.29) is 11.7 Å². The predicted octanol–water partition coefficient (Wildman–Crippen LogP) is 3.88. The molecule has 1 amide bonds. The smallest absolute Gasteiger partial charge is 0.254 e. The van der Waals surface area contributed by atoms with Gasteiger partial charge in [-0.25, -0.2) is 9.07 Å². The number of unbranched alkanes of at least 4 members (excludes halogenated alkanes) is 3. The maximum absolute atomic E-state index is 13.1. The van der Waals surface area contributed by atoms with Gasteiger partial charge in [-0.15, -0.1) is 0 Å². The molecule has 0 aliphatic rings. The summed E-state index contributed by atoms with van der Waals surface area (Å²) in [5.41, 5.74) is 2.18. The summed E-state index contributed by atoms with van der Waals surface area (Å²) >= 11 is 0. The molecule has 23 heavy (non-hydrogen) atoms. The molecule has 0 saturated heterocycles. The fraction of sp³-hybridized carbons (Fsp3) is 0.444. The van der Waals surface area contributed by atoms with Crippen LogP contribution >= 0.6 is 0 Å². The highest BCUT2D eigenvalue weighted by atomic mass is 19.1. The van der Waals surface area contributed by atoms with Gasteiger partial charge in [0, 0.05) is 6.54 Å². The summed E-state index contributed by atoms with van der Waals surface area (Å²) in [7, 11) is 0. The number of nitrogens with zero attached hydrogens (tertiary/aromatic N) is 2. The second kappa shape index (κ2) is 8.46. The molecule has 0 atom stereocenters. The Bertz CT molecular complexity index is 634. The van der Waals surface area contributed by atoms with Gasteiger partial charge in [-0.05, 0) is 37.1 Å². The van der Waals surface area contributed by atoms with Crippen molar-refractivity contribution in [3.05, 3.63) is 47.5 Å². The van der Waals surface area contributed by atoms with Crippen molar-refractivity contribution in [3.63, 3.8) is 0 Å². The highest BCUT2D eigenvalue weighted by Crippen LogP contribution is 2.16. The third-order valence-electron chi connectivity index (χ3n) is 3.84. The third-order valence-corrected chi connectivity index (χ3v) is 3.84. The molecule has 0 bridgehead atoms. The van der Waals surface area contributed by atoms with Gasteiger partial charge in [0.25, 0.3) is 5.91 Å². The Hall–Kier alpha value is -2.17. The van der Waals surface area contributed by atoms with Crippen LogP contribution in [0.5, 0.6) is 0 Å². The fourth-order valence-corrected chi connectivity index (χ4v) is 2.56. The number of halogens is 1. The molecule has 2 aromatic rings. The standard InChI is InChI=1S/C18H24FN3O/c1-3-5-6-7-12-20-18(23)16-13-21-22(17(16)4-2)15-10-8-14(19)9-11-15/h8-11,13H,3-7,12H2,1-2H3,(H,20,23). The van der Waals surface area contributed by atoms with Crippen molar-refractivity contribution >= 4 is 5.91 Å². The lowest BCUT2D eigenvalue weighted by Crippen LogP contribution is -2.25. The summed E-state index contributed by atoms with van der Waals surface area (Å²) < 4.78 is 14.8. The van der Waals surface area contributed by atoms with Crippen molar-refractivity contribution in [2.45, 2.75) is 46.0 Å². The lowest BCUT2D eigenvalue weighted by Gasteiger charge is -2.08. The van der Waals surface area contributed by atoms with Crippen molar-refractivity contribution in [2.24, 2.45) is 0 Å². The molecule has 1 aromatic carbocycles. The molecule has 124 valence electrons. The first kappa shape index (κ1) is 17.2. The Morgan fingerprint density at radius 3 is 2.57 bits per heavy atom. The van der Waals surface area contributed by atoms with Crippen LogP contribution in [0.1, 0.15) is 55.6 Å². The van der Waals surface area contributed by atoms with Crippen LogP contribution in [0.3, 0.4) is 0 Å². The number of carbonyl (C=O) groups is 1. The maximum Gasteiger partial charge on any atom is 0.254 e. The molecule has 0 radical (unpaired) electrons. The molecule has 4 nitrogen and oxygen atoms in total. The van der Waals surface area contributed by atoms with Crippen LogP contribution in [0.25, 0.3) is 5.69 Å². The fourth-order valence-electron chi connectivity index (χ4n) is 2.56. The van der Waals surface area contributed by atoms with Crippen LogP contribution < -0.4 is 5.32 Å². The molecule has 0 unspecified atom stereocenters. The summed E-state index contributed by atoms with van der Waals surface area (Å²) in [4.78, 5) is 12.3. The molecule has 2 rings (SSSR count). The van der Waals surface area contributed by atoms with Gasteiger partial charge in [0.05, 0.1) is 23.1 Å². The Morgan fingerprint density at radius 1 is 1.17 bits per heavy atom. The highest BCUT2D eigenvalue weighted by Gasteiger charge is 2.16. The van der Waals surface area contributed by atoms with E-state index in [1.165, 1.54) is 25.0 Å². The molecular weight excluding hydrogens is 293 g/mol. The van der Waals surface area contributed by atoms with E-state index in [1.54, 1.807) is 23.0 Å². The lowest BCUT2D eigenvalue weighted by molar-refractivity contribution is 0.0952. The van der Waals surface area contributed by atoms with Crippen LogP contribution in [0.2, 0.25) is 0 Å². The van der Waals surface area contributed by atoms with Crippen molar-refractivity contribution < 1.29 is 9.18 Å². The quantitative estimate of drug-likeness (QED) is 0.751. The second-order valence-electron chi connectivity index (χ2n) is 5.56. The maximum atomic E-state index is 13.1. The Kier molecular flexibility index (Phi) is 6.32. The summed E-state index contributed by atoms with van der Waals surface area (Å²) in [6.45, 7) is 4.83. The SMILES string of the molecule is CCCCCCNC(=O)c1cnn(-c2ccc(F)cc2)c1CC. The van der Waals surface area contributed by atoms with Gasteiger partial charge >= 0.3 is 0 Å². The predicted molar refractivity (Wildman–Crippen MR) is 89.4 cm³/mol. The summed E-state index contributed by atoms with van der Waals surface area (Å²) in [6, 6.07) is 6.11. The molecular formula is C18H24FN3O. The minimum atomic E-state index is -0.288. The summed E-state index contributed by atoms with van der Waals surface area (Å²) in [5.74, 6) is -0.379. The van der Waals surface area contributed by atoms with E-state index in [4.69, 9.17) is 0 Å². The Labute approximate surface area is 136 Å². The monoisotopic (exact) mass is 317 g/mol. The largest absolute Gasteiger partial charge is 0.352 e. The van der Waals surface area contributed by atoms with E-state index in [9.17, 15) is 9.18 Å². The van der Waals surface area contributed by atoms with Crippen molar-refractivity contribution in [1.82, 2.24) is 15.1 Å². The minimum Gasteiger partial charge on any atom is -0.352 e. The molecule has 0 saturated carbocycles. The first-order chi connectivity index (χ1) is 11.2. The first-order valence-electron chi connectivity index (χ1n) is 8.28. The highest BCUT2D eigenvalue weighted by molar-refractivity contribution is 5.95. The van der Waals surface area contributed by atoms with E-state index in [0.717, 1.165) is 24.2 Å². The van der Waals surface area contributed by atoms with E-state index < -0.39 is 0 Å². The first-order valence-corrected chi connectivity index (χ1v) is 8.28. The van der Waals surface area contributed by atoms with Gasteiger partial charge in [-0.2, -0.15) is 5.10 Å². The molecule has 0 fully saturated rings. The molecule has 1 aromatic heterocycles. The molecule has 0 aliphatic heterocycles.